The summed E-state index contributed by atoms with van der Waals surface area (Å²) in [6.45, 7) is 3.09. The van der Waals surface area contributed by atoms with Crippen molar-refractivity contribution in [3.05, 3.63) is 46.3 Å². The van der Waals surface area contributed by atoms with Gasteiger partial charge in [0.2, 0.25) is 10.0 Å². The van der Waals surface area contributed by atoms with Gasteiger partial charge in [-0.15, -0.1) is 0 Å². The van der Waals surface area contributed by atoms with Gasteiger partial charge in [0, 0.05) is 16.2 Å². The third-order valence-corrected chi connectivity index (χ3v) is 3.82. The Morgan fingerprint density at radius 3 is 2.68 bits per heavy atom. The van der Waals surface area contributed by atoms with Crippen molar-refractivity contribution in [2.45, 2.75) is 19.6 Å². The van der Waals surface area contributed by atoms with E-state index in [1.807, 2.05) is 4.72 Å². The molecule has 0 aliphatic carbocycles. The highest BCUT2D eigenvalue weighted by Crippen LogP contribution is 2.17. The zero-order valence-corrected chi connectivity index (χ0v) is 12.0. The lowest BCUT2D eigenvalue weighted by atomic mass is 10.2. The second kappa shape index (κ2) is 6.16. The van der Waals surface area contributed by atoms with Crippen molar-refractivity contribution in [3.63, 3.8) is 0 Å². The van der Waals surface area contributed by atoms with E-state index in [2.05, 4.69) is 0 Å². The number of carbonyl (C=O) groups excluding carboxylic acids is 1. The number of nitrogens with one attached hydrogen (secondary N) is 1. The maximum Gasteiger partial charge on any atom is 0.260 e. The van der Waals surface area contributed by atoms with E-state index in [1.54, 1.807) is 6.92 Å². The largest absolute Gasteiger partial charge is 0.269 e. The van der Waals surface area contributed by atoms with Crippen LogP contribution in [0.4, 0.5) is 4.39 Å². The molecule has 0 spiro atoms. The molecule has 1 N–H and O–H groups in total. The molecule has 7 heteroatoms. The molecule has 4 nitrogen and oxygen atoms in total. The highest BCUT2D eigenvalue weighted by atomic mass is 35.5. The fourth-order valence-corrected chi connectivity index (χ4v) is 2.59. The first-order chi connectivity index (χ1) is 8.75. The predicted molar refractivity (Wildman–Crippen MR) is 71.6 cm³/mol. The quantitative estimate of drug-likeness (QED) is 0.869. The molecular formula is C12H13ClFNO3S. The minimum Gasteiger partial charge on any atom is -0.269 e. The van der Waals surface area contributed by atoms with Gasteiger partial charge in [0.15, 0.2) is 0 Å². The Morgan fingerprint density at radius 1 is 1.47 bits per heavy atom. The second-order valence-electron chi connectivity index (χ2n) is 3.90. The molecule has 0 saturated carbocycles. The molecule has 0 heterocycles. The third kappa shape index (κ3) is 4.65. The fraction of sp³-hybridized carbons (Fsp3) is 0.250. The molecule has 0 aliphatic heterocycles. The highest BCUT2D eigenvalue weighted by molar-refractivity contribution is 7.89. The van der Waals surface area contributed by atoms with Crippen molar-refractivity contribution >= 4 is 27.5 Å². The summed E-state index contributed by atoms with van der Waals surface area (Å²) in [5.74, 6) is -2.07. The van der Waals surface area contributed by atoms with Gasteiger partial charge in [-0.25, -0.2) is 17.5 Å². The summed E-state index contributed by atoms with van der Waals surface area (Å²) >= 11 is 5.67. The van der Waals surface area contributed by atoms with E-state index in [4.69, 9.17) is 11.6 Å². The zero-order chi connectivity index (χ0) is 14.6. The molecule has 0 aromatic heterocycles. The number of benzene rings is 1. The fourth-order valence-electron chi connectivity index (χ4n) is 1.25. The van der Waals surface area contributed by atoms with Gasteiger partial charge in [-0.1, -0.05) is 17.7 Å². The predicted octanol–water partition coefficient (Wildman–Crippen LogP) is 2.39. The summed E-state index contributed by atoms with van der Waals surface area (Å²) in [5, 5.41) is 0.225. The molecule has 0 aliphatic rings. The Labute approximate surface area is 116 Å². The van der Waals surface area contributed by atoms with Crippen LogP contribution in [-0.4, -0.2) is 14.3 Å². The van der Waals surface area contributed by atoms with E-state index >= 15 is 0 Å². The molecule has 104 valence electrons. The smallest absolute Gasteiger partial charge is 0.260 e. The molecule has 0 bridgehead atoms. The van der Waals surface area contributed by atoms with Crippen molar-refractivity contribution in [3.8, 4) is 0 Å². The first kappa shape index (κ1) is 15.7. The minimum absolute atomic E-state index is 0.0917. The normalized spacial score (nSPS) is 12.3. The summed E-state index contributed by atoms with van der Waals surface area (Å²) < 4.78 is 38.7. The van der Waals surface area contributed by atoms with Crippen LogP contribution in [0.25, 0.3) is 0 Å². The van der Waals surface area contributed by atoms with Crippen molar-refractivity contribution in [2.75, 3.05) is 0 Å². The van der Waals surface area contributed by atoms with E-state index < -0.39 is 27.5 Å². The average Bonchev–Trinajstić information content (AvgIpc) is 2.31. The number of sulfonamides is 1. The number of rotatable bonds is 4. The summed E-state index contributed by atoms with van der Waals surface area (Å²) in [6, 6.07) is 3.60. The Morgan fingerprint density at radius 2 is 2.11 bits per heavy atom. The molecule has 0 saturated heterocycles. The lowest BCUT2D eigenvalue weighted by molar-refractivity contribution is -0.115. The maximum absolute atomic E-state index is 13.4. The summed E-state index contributed by atoms with van der Waals surface area (Å²) in [6.07, 6.45) is 1.48. The van der Waals surface area contributed by atoms with Crippen molar-refractivity contribution in [2.24, 2.45) is 0 Å². The number of halogens is 2. The van der Waals surface area contributed by atoms with Crippen LogP contribution < -0.4 is 4.72 Å². The van der Waals surface area contributed by atoms with Crippen LogP contribution in [0.3, 0.4) is 0 Å². The van der Waals surface area contributed by atoms with E-state index in [0.29, 0.717) is 0 Å². The van der Waals surface area contributed by atoms with Gasteiger partial charge in [-0.05, 0) is 32.0 Å². The Bertz CT molecular complexity index is 626. The topological polar surface area (TPSA) is 63.2 Å². The van der Waals surface area contributed by atoms with Gasteiger partial charge >= 0.3 is 0 Å². The zero-order valence-electron chi connectivity index (χ0n) is 10.4. The minimum atomic E-state index is -3.97. The molecule has 19 heavy (non-hydrogen) atoms. The Hall–Kier alpha value is -1.40. The molecule has 0 fully saturated rings. The molecule has 0 atom stereocenters. The standard InChI is InChI=1S/C12H13ClFNO3S/c1-3-8(2)12(16)15-19(17,18)7-9-6-10(13)4-5-11(9)14/h3-6H,7H2,1-2H3,(H,15,16)/b8-3+. The molecule has 0 radical (unpaired) electrons. The van der Waals surface area contributed by atoms with Crippen LogP contribution in [0.15, 0.2) is 29.8 Å². The molecule has 1 rings (SSSR count). The first-order valence-corrected chi connectivity index (χ1v) is 7.40. The van der Waals surface area contributed by atoms with E-state index in [0.717, 1.165) is 6.07 Å². The molecule has 1 aromatic carbocycles. The van der Waals surface area contributed by atoms with Gasteiger partial charge in [0.05, 0.1) is 5.75 Å². The summed E-state index contributed by atoms with van der Waals surface area (Å²) in [5.41, 5.74) is 0.168. The summed E-state index contributed by atoms with van der Waals surface area (Å²) in [7, 11) is -3.97. The van der Waals surface area contributed by atoms with Crippen LogP contribution in [0.2, 0.25) is 5.02 Å². The number of carbonyl (C=O) groups is 1. The van der Waals surface area contributed by atoms with Crippen LogP contribution in [0.1, 0.15) is 19.4 Å². The Kier molecular flexibility index (Phi) is 5.08. The van der Waals surface area contributed by atoms with E-state index in [9.17, 15) is 17.6 Å². The van der Waals surface area contributed by atoms with Crippen molar-refractivity contribution in [1.29, 1.82) is 0 Å². The molecule has 0 unspecified atom stereocenters. The number of amides is 1. The van der Waals surface area contributed by atoms with Crippen LogP contribution in [0.5, 0.6) is 0 Å². The van der Waals surface area contributed by atoms with Crippen LogP contribution >= 0.6 is 11.6 Å². The van der Waals surface area contributed by atoms with Gasteiger partial charge in [-0.2, -0.15) is 0 Å². The molecule has 1 aromatic rings. The van der Waals surface area contributed by atoms with Gasteiger partial charge in [-0.3, -0.25) is 4.79 Å². The van der Waals surface area contributed by atoms with Crippen LogP contribution in [-0.2, 0) is 20.6 Å². The molecular weight excluding hydrogens is 293 g/mol. The van der Waals surface area contributed by atoms with Crippen LogP contribution in [0, 0.1) is 5.82 Å². The lowest BCUT2D eigenvalue weighted by Gasteiger charge is -2.08. The number of allylic oxidation sites excluding steroid dienone is 1. The van der Waals surface area contributed by atoms with Gasteiger partial charge in [0.25, 0.3) is 5.91 Å². The Balaban J connectivity index is 2.92. The highest BCUT2D eigenvalue weighted by Gasteiger charge is 2.18. The van der Waals surface area contributed by atoms with Gasteiger partial charge in [0.1, 0.15) is 5.82 Å². The van der Waals surface area contributed by atoms with E-state index in [-0.39, 0.29) is 16.2 Å². The van der Waals surface area contributed by atoms with E-state index in [1.165, 1.54) is 25.1 Å². The van der Waals surface area contributed by atoms with Gasteiger partial charge < -0.3 is 0 Å². The average molecular weight is 306 g/mol. The number of hydrogen-bond acceptors (Lipinski definition) is 3. The maximum atomic E-state index is 13.4. The first-order valence-electron chi connectivity index (χ1n) is 5.37. The number of hydrogen-bond donors (Lipinski definition) is 1. The molecule has 1 amide bonds. The lowest BCUT2D eigenvalue weighted by Crippen LogP contribution is -2.32. The second-order valence-corrected chi connectivity index (χ2v) is 6.06. The third-order valence-electron chi connectivity index (χ3n) is 2.39. The van der Waals surface area contributed by atoms with Crippen molar-refractivity contribution in [1.82, 2.24) is 4.72 Å². The van der Waals surface area contributed by atoms with Crippen molar-refractivity contribution < 1.29 is 17.6 Å². The monoisotopic (exact) mass is 305 g/mol. The summed E-state index contributed by atoms with van der Waals surface area (Å²) in [4.78, 5) is 11.5. The SMILES string of the molecule is C/C=C(\C)C(=O)NS(=O)(=O)Cc1cc(Cl)ccc1F.